The zero-order chi connectivity index (χ0) is 24.8. The molecular formula is C31H30N4O. The number of nitriles is 1. The van der Waals surface area contributed by atoms with Gasteiger partial charge in [-0.05, 0) is 74.9 Å². The quantitative estimate of drug-likeness (QED) is 0.332. The number of rotatable bonds is 4. The minimum absolute atomic E-state index is 0.201. The van der Waals surface area contributed by atoms with Crippen molar-refractivity contribution in [1.29, 1.82) is 5.26 Å². The molecule has 1 aliphatic carbocycles. The Morgan fingerprint density at radius 3 is 2.33 bits per heavy atom. The van der Waals surface area contributed by atoms with E-state index < -0.39 is 0 Å². The second-order valence-corrected chi connectivity index (χ2v) is 10.2. The molecule has 0 bridgehead atoms. The summed E-state index contributed by atoms with van der Waals surface area (Å²) in [5, 5.41) is 10.4. The van der Waals surface area contributed by atoms with Gasteiger partial charge in [-0.3, -0.25) is 4.98 Å². The van der Waals surface area contributed by atoms with Crippen LogP contribution in [0.15, 0.2) is 60.8 Å². The SMILES string of the molecule is Cc1nc(N2C[C@@H](C)O[C@@H](C)C2)ccc1-c1cnc2c(-c3ccc(C#N)cc3)cccc2c1C1CC1. The molecule has 0 N–H and O–H groups in total. The molecule has 0 radical (unpaired) electrons. The topological polar surface area (TPSA) is 62.0 Å². The van der Waals surface area contributed by atoms with E-state index in [1.54, 1.807) is 0 Å². The highest BCUT2D eigenvalue weighted by molar-refractivity contribution is 5.99. The van der Waals surface area contributed by atoms with Crippen molar-refractivity contribution in [3.63, 3.8) is 0 Å². The Hall–Kier alpha value is -3.75. The lowest BCUT2D eigenvalue weighted by atomic mass is 9.91. The van der Waals surface area contributed by atoms with Crippen molar-refractivity contribution in [2.75, 3.05) is 18.0 Å². The van der Waals surface area contributed by atoms with Crippen LogP contribution in [0.5, 0.6) is 0 Å². The molecule has 5 nitrogen and oxygen atoms in total. The van der Waals surface area contributed by atoms with Crippen LogP contribution in [0.4, 0.5) is 5.82 Å². The number of anilines is 1. The fraction of sp³-hybridized carbons (Fsp3) is 0.323. The van der Waals surface area contributed by atoms with E-state index in [2.05, 4.69) is 62.1 Å². The smallest absolute Gasteiger partial charge is 0.129 e. The summed E-state index contributed by atoms with van der Waals surface area (Å²) in [4.78, 5) is 12.4. The minimum Gasteiger partial charge on any atom is -0.372 e. The summed E-state index contributed by atoms with van der Waals surface area (Å²) in [5.74, 6) is 1.57. The van der Waals surface area contributed by atoms with Crippen molar-refractivity contribution in [3.8, 4) is 28.3 Å². The van der Waals surface area contributed by atoms with Crippen molar-refractivity contribution in [3.05, 3.63) is 77.6 Å². The maximum Gasteiger partial charge on any atom is 0.129 e. The maximum atomic E-state index is 9.18. The average Bonchev–Trinajstić information content (AvgIpc) is 3.72. The van der Waals surface area contributed by atoms with Gasteiger partial charge in [0, 0.05) is 47.1 Å². The summed E-state index contributed by atoms with van der Waals surface area (Å²) in [5.41, 5.74) is 8.65. The van der Waals surface area contributed by atoms with Crippen molar-refractivity contribution in [2.24, 2.45) is 0 Å². The predicted octanol–water partition coefficient (Wildman–Crippen LogP) is 6.63. The molecule has 1 saturated heterocycles. The van der Waals surface area contributed by atoms with Crippen LogP contribution in [0.25, 0.3) is 33.2 Å². The van der Waals surface area contributed by atoms with Gasteiger partial charge in [-0.25, -0.2) is 4.98 Å². The summed E-state index contributed by atoms with van der Waals surface area (Å²) >= 11 is 0. The summed E-state index contributed by atoms with van der Waals surface area (Å²) in [6.07, 6.45) is 4.87. The van der Waals surface area contributed by atoms with Crippen LogP contribution in [0.3, 0.4) is 0 Å². The second-order valence-electron chi connectivity index (χ2n) is 10.2. The highest BCUT2D eigenvalue weighted by Gasteiger charge is 2.30. The number of hydrogen-bond donors (Lipinski definition) is 0. The molecule has 0 spiro atoms. The highest BCUT2D eigenvalue weighted by atomic mass is 16.5. The molecule has 2 aliphatic rings. The number of hydrogen-bond acceptors (Lipinski definition) is 5. The number of aryl methyl sites for hydroxylation is 1. The van der Waals surface area contributed by atoms with Gasteiger partial charge < -0.3 is 9.64 Å². The number of morpholine rings is 1. The summed E-state index contributed by atoms with van der Waals surface area (Å²) in [7, 11) is 0. The number of para-hydroxylation sites is 1. The fourth-order valence-electron chi connectivity index (χ4n) is 5.60. The van der Waals surface area contributed by atoms with E-state index in [9.17, 15) is 5.26 Å². The molecule has 4 aromatic rings. The van der Waals surface area contributed by atoms with Crippen LogP contribution in [-0.4, -0.2) is 35.3 Å². The molecular weight excluding hydrogens is 444 g/mol. The first-order valence-corrected chi connectivity index (χ1v) is 12.8. The number of fused-ring (bicyclic) bond motifs is 1. The van der Waals surface area contributed by atoms with Gasteiger partial charge >= 0.3 is 0 Å². The number of aromatic nitrogens is 2. The molecule has 3 heterocycles. The Labute approximate surface area is 212 Å². The third-order valence-electron chi connectivity index (χ3n) is 7.35. The molecule has 2 fully saturated rings. The third-order valence-corrected chi connectivity index (χ3v) is 7.35. The van der Waals surface area contributed by atoms with Crippen LogP contribution in [0.1, 0.15) is 49.4 Å². The largest absolute Gasteiger partial charge is 0.372 e. The van der Waals surface area contributed by atoms with Crippen LogP contribution >= 0.6 is 0 Å². The van der Waals surface area contributed by atoms with Crippen LogP contribution in [0.2, 0.25) is 0 Å². The van der Waals surface area contributed by atoms with Crippen molar-refractivity contribution in [2.45, 2.75) is 51.7 Å². The number of pyridine rings is 2. The molecule has 0 amide bonds. The Morgan fingerprint density at radius 1 is 0.917 bits per heavy atom. The normalized spacial score (nSPS) is 19.9. The molecule has 2 atom stereocenters. The van der Waals surface area contributed by atoms with E-state index >= 15 is 0 Å². The molecule has 36 heavy (non-hydrogen) atoms. The molecule has 5 heteroatoms. The number of ether oxygens (including phenoxy) is 1. The Bertz CT molecular complexity index is 1470. The van der Waals surface area contributed by atoms with E-state index in [4.69, 9.17) is 14.7 Å². The second kappa shape index (κ2) is 9.04. The summed E-state index contributed by atoms with van der Waals surface area (Å²) < 4.78 is 5.91. The van der Waals surface area contributed by atoms with Crippen molar-refractivity contribution in [1.82, 2.24) is 9.97 Å². The number of nitrogens with zero attached hydrogens (tertiary/aromatic N) is 4. The Morgan fingerprint density at radius 2 is 1.67 bits per heavy atom. The monoisotopic (exact) mass is 474 g/mol. The van der Waals surface area contributed by atoms with Gasteiger partial charge in [0.1, 0.15) is 5.82 Å². The van der Waals surface area contributed by atoms with Crippen molar-refractivity contribution < 1.29 is 4.74 Å². The van der Waals surface area contributed by atoms with E-state index in [1.165, 1.54) is 29.4 Å². The van der Waals surface area contributed by atoms with Gasteiger partial charge in [-0.2, -0.15) is 5.26 Å². The summed E-state index contributed by atoms with van der Waals surface area (Å²) in [6, 6.07) is 20.8. The fourth-order valence-corrected chi connectivity index (χ4v) is 5.60. The van der Waals surface area contributed by atoms with Crippen LogP contribution < -0.4 is 4.90 Å². The predicted molar refractivity (Wildman–Crippen MR) is 144 cm³/mol. The minimum atomic E-state index is 0.201. The van der Waals surface area contributed by atoms with Gasteiger partial charge in [0.2, 0.25) is 0 Å². The zero-order valence-electron chi connectivity index (χ0n) is 21.0. The first-order chi connectivity index (χ1) is 17.5. The average molecular weight is 475 g/mol. The zero-order valence-corrected chi connectivity index (χ0v) is 21.0. The van der Waals surface area contributed by atoms with Gasteiger partial charge in [0.05, 0.1) is 29.4 Å². The molecule has 2 aromatic carbocycles. The molecule has 1 saturated carbocycles. The Balaban J connectivity index is 1.43. The molecule has 6 rings (SSSR count). The summed E-state index contributed by atoms with van der Waals surface area (Å²) in [6.45, 7) is 8.08. The first-order valence-electron chi connectivity index (χ1n) is 12.8. The standard InChI is InChI=1S/C31H30N4O/c1-19-17-35(18-20(2)36-19)29-14-13-25(21(3)34-29)28-16-33-31-26(23-9-7-22(15-32)8-10-23)5-4-6-27(31)30(28)24-11-12-24/h4-10,13-14,16,19-20,24H,11-12,17-18H2,1-3H3/t19-,20+. The van der Waals surface area contributed by atoms with Crippen LogP contribution in [-0.2, 0) is 4.74 Å². The van der Waals surface area contributed by atoms with E-state index in [1.807, 2.05) is 30.5 Å². The molecule has 2 aromatic heterocycles. The molecule has 0 unspecified atom stereocenters. The van der Waals surface area contributed by atoms with Crippen molar-refractivity contribution >= 4 is 16.7 Å². The van der Waals surface area contributed by atoms with Crippen LogP contribution in [0, 0.1) is 18.3 Å². The molecule has 1 aliphatic heterocycles. The Kier molecular flexibility index (Phi) is 5.70. The maximum absolute atomic E-state index is 9.18. The van der Waals surface area contributed by atoms with E-state index in [0.717, 1.165) is 46.8 Å². The first kappa shape index (κ1) is 22.7. The molecule has 180 valence electrons. The number of benzene rings is 2. The van der Waals surface area contributed by atoms with Gasteiger partial charge in [0.25, 0.3) is 0 Å². The van der Waals surface area contributed by atoms with Gasteiger partial charge in [-0.15, -0.1) is 0 Å². The van der Waals surface area contributed by atoms with E-state index in [-0.39, 0.29) is 12.2 Å². The van der Waals surface area contributed by atoms with Gasteiger partial charge in [-0.1, -0.05) is 30.3 Å². The lowest BCUT2D eigenvalue weighted by Gasteiger charge is -2.36. The van der Waals surface area contributed by atoms with Gasteiger partial charge in [0.15, 0.2) is 0 Å². The van der Waals surface area contributed by atoms with E-state index in [0.29, 0.717) is 11.5 Å². The highest BCUT2D eigenvalue weighted by Crippen LogP contribution is 2.48. The lowest BCUT2D eigenvalue weighted by Crippen LogP contribution is -2.45. The lowest BCUT2D eigenvalue weighted by molar-refractivity contribution is -0.00546. The third kappa shape index (κ3) is 4.12.